The number of fused-ring (bicyclic) bond motifs is 1. The van der Waals surface area contributed by atoms with E-state index < -0.39 is 0 Å². The highest BCUT2D eigenvalue weighted by atomic mass is 16.3. The predicted molar refractivity (Wildman–Crippen MR) is 75.7 cm³/mol. The largest absolute Gasteiger partial charge is 0.459 e. The van der Waals surface area contributed by atoms with Crippen molar-refractivity contribution in [3.8, 4) is 0 Å². The Kier molecular flexibility index (Phi) is 4.04. The Labute approximate surface area is 109 Å². The van der Waals surface area contributed by atoms with Crippen LogP contribution in [0.2, 0.25) is 0 Å². The molecular formula is C15H22N2O. The van der Waals surface area contributed by atoms with Crippen molar-refractivity contribution in [2.75, 3.05) is 20.1 Å². The quantitative estimate of drug-likeness (QED) is 0.882. The zero-order chi connectivity index (χ0) is 13.1. The Bertz CT molecular complexity index is 518. The fourth-order valence-electron chi connectivity index (χ4n) is 2.42. The number of furan rings is 1. The molecule has 0 aliphatic carbocycles. The second-order valence-electron chi connectivity index (χ2n) is 4.74. The van der Waals surface area contributed by atoms with Crippen molar-refractivity contribution < 1.29 is 4.42 Å². The molecule has 0 bridgehead atoms. The molecule has 0 saturated carbocycles. The lowest BCUT2D eigenvalue weighted by Gasteiger charge is -2.23. The van der Waals surface area contributed by atoms with E-state index in [9.17, 15) is 0 Å². The van der Waals surface area contributed by atoms with Crippen molar-refractivity contribution in [1.82, 2.24) is 4.90 Å². The molecule has 3 heteroatoms. The van der Waals surface area contributed by atoms with Gasteiger partial charge in [0.2, 0.25) is 0 Å². The number of hydrogen-bond donors (Lipinski definition) is 1. The molecule has 0 aliphatic rings. The fraction of sp³-hybridized carbons (Fsp3) is 0.467. The van der Waals surface area contributed by atoms with Crippen molar-refractivity contribution in [3.63, 3.8) is 0 Å². The van der Waals surface area contributed by atoms with Crippen LogP contribution in [-0.2, 0) is 6.42 Å². The molecule has 1 aromatic heterocycles. The van der Waals surface area contributed by atoms with Crippen LogP contribution in [0.3, 0.4) is 0 Å². The van der Waals surface area contributed by atoms with Crippen LogP contribution in [0.4, 0.5) is 0 Å². The van der Waals surface area contributed by atoms with E-state index in [-0.39, 0.29) is 6.04 Å². The van der Waals surface area contributed by atoms with E-state index in [2.05, 4.69) is 37.9 Å². The van der Waals surface area contributed by atoms with Gasteiger partial charge in [0.05, 0.1) is 6.04 Å². The third-order valence-corrected chi connectivity index (χ3v) is 3.61. The average molecular weight is 246 g/mol. The molecule has 18 heavy (non-hydrogen) atoms. The number of nitrogens with two attached hydrogens (primary N) is 1. The van der Waals surface area contributed by atoms with Gasteiger partial charge >= 0.3 is 0 Å². The number of aryl methyl sites for hydroxylation is 1. The van der Waals surface area contributed by atoms with Crippen LogP contribution < -0.4 is 5.73 Å². The molecule has 1 aromatic carbocycles. The molecule has 98 valence electrons. The monoisotopic (exact) mass is 246 g/mol. The standard InChI is InChI=1S/C15H22N2O/c1-4-12-13-7-5-6-8-14(13)18-15(12)11(2)17(3)10-9-16/h5-8,11H,4,9-10,16H2,1-3H3. The van der Waals surface area contributed by atoms with Gasteiger partial charge in [-0.15, -0.1) is 0 Å². The summed E-state index contributed by atoms with van der Waals surface area (Å²) in [6, 6.07) is 8.51. The molecule has 0 saturated heterocycles. The Morgan fingerprint density at radius 1 is 1.33 bits per heavy atom. The van der Waals surface area contributed by atoms with E-state index in [1.165, 1.54) is 10.9 Å². The molecule has 2 N–H and O–H groups in total. The maximum Gasteiger partial charge on any atom is 0.134 e. The number of likely N-dealkylation sites (N-methyl/N-ethyl adjacent to an activating group) is 1. The molecular weight excluding hydrogens is 224 g/mol. The van der Waals surface area contributed by atoms with Gasteiger partial charge in [-0.2, -0.15) is 0 Å². The first-order valence-corrected chi connectivity index (χ1v) is 6.59. The summed E-state index contributed by atoms with van der Waals surface area (Å²) in [5.41, 5.74) is 7.92. The smallest absolute Gasteiger partial charge is 0.134 e. The fourth-order valence-corrected chi connectivity index (χ4v) is 2.42. The van der Waals surface area contributed by atoms with Crippen LogP contribution >= 0.6 is 0 Å². The number of rotatable bonds is 5. The summed E-state index contributed by atoms with van der Waals surface area (Å²) in [4.78, 5) is 2.23. The van der Waals surface area contributed by atoms with Crippen LogP contribution in [0, 0.1) is 0 Å². The van der Waals surface area contributed by atoms with Gasteiger partial charge in [-0.1, -0.05) is 25.1 Å². The number of nitrogens with zero attached hydrogens (tertiary/aromatic N) is 1. The van der Waals surface area contributed by atoms with E-state index in [0.717, 1.165) is 24.3 Å². The molecule has 0 spiro atoms. The summed E-state index contributed by atoms with van der Waals surface area (Å²) in [5.74, 6) is 1.08. The molecule has 0 amide bonds. The van der Waals surface area contributed by atoms with E-state index in [1.54, 1.807) is 0 Å². The Morgan fingerprint density at radius 2 is 2.06 bits per heavy atom. The number of hydrogen-bond acceptors (Lipinski definition) is 3. The van der Waals surface area contributed by atoms with Gasteiger partial charge in [0, 0.05) is 24.0 Å². The topological polar surface area (TPSA) is 42.4 Å². The zero-order valence-corrected chi connectivity index (χ0v) is 11.4. The highest BCUT2D eigenvalue weighted by Gasteiger charge is 2.20. The Hall–Kier alpha value is -1.32. The summed E-state index contributed by atoms with van der Waals surface area (Å²) in [6.07, 6.45) is 0.993. The second kappa shape index (κ2) is 5.55. The van der Waals surface area contributed by atoms with Gasteiger partial charge in [0.1, 0.15) is 11.3 Å². The second-order valence-corrected chi connectivity index (χ2v) is 4.74. The highest BCUT2D eigenvalue weighted by Crippen LogP contribution is 2.32. The lowest BCUT2D eigenvalue weighted by molar-refractivity contribution is 0.239. The van der Waals surface area contributed by atoms with Gasteiger partial charge in [-0.3, -0.25) is 4.90 Å². The lowest BCUT2D eigenvalue weighted by Crippen LogP contribution is -2.28. The SMILES string of the molecule is CCc1c(C(C)N(C)CCN)oc2ccccc12. The average Bonchev–Trinajstić information content (AvgIpc) is 2.76. The molecule has 0 fully saturated rings. The highest BCUT2D eigenvalue weighted by molar-refractivity contribution is 5.82. The minimum atomic E-state index is 0.260. The third-order valence-electron chi connectivity index (χ3n) is 3.61. The molecule has 1 unspecified atom stereocenters. The normalized spacial score (nSPS) is 13.4. The number of benzene rings is 1. The van der Waals surface area contributed by atoms with E-state index in [1.807, 2.05) is 12.1 Å². The van der Waals surface area contributed by atoms with Crippen LogP contribution in [0.1, 0.15) is 31.2 Å². The maximum atomic E-state index is 6.04. The van der Waals surface area contributed by atoms with Crippen molar-refractivity contribution in [2.24, 2.45) is 5.73 Å². The third kappa shape index (κ3) is 2.28. The molecule has 3 nitrogen and oxygen atoms in total. The van der Waals surface area contributed by atoms with Crippen LogP contribution in [-0.4, -0.2) is 25.0 Å². The Balaban J connectivity index is 2.43. The summed E-state index contributed by atoms with van der Waals surface area (Å²) in [5, 5.41) is 1.24. The summed E-state index contributed by atoms with van der Waals surface area (Å²) < 4.78 is 6.04. The van der Waals surface area contributed by atoms with Crippen LogP contribution in [0.15, 0.2) is 28.7 Å². The first kappa shape index (κ1) is 13.1. The maximum absolute atomic E-state index is 6.04. The molecule has 2 rings (SSSR count). The van der Waals surface area contributed by atoms with Gasteiger partial charge < -0.3 is 10.2 Å². The minimum Gasteiger partial charge on any atom is -0.459 e. The summed E-state index contributed by atoms with van der Waals surface area (Å²) >= 11 is 0. The van der Waals surface area contributed by atoms with E-state index in [0.29, 0.717) is 6.54 Å². The van der Waals surface area contributed by atoms with Crippen molar-refractivity contribution in [3.05, 3.63) is 35.6 Å². The predicted octanol–water partition coefficient (Wildman–Crippen LogP) is 2.95. The molecule has 0 radical (unpaired) electrons. The zero-order valence-electron chi connectivity index (χ0n) is 11.4. The van der Waals surface area contributed by atoms with Crippen LogP contribution in [0.25, 0.3) is 11.0 Å². The van der Waals surface area contributed by atoms with Gasteiger partial charge in [0.15, 0.2) is 0 Å². The first-order chi connectivity index (χ1) is 8.69. The molecule has 1 atom stereocenters. The van der Waals surface area contributed by atoms with Crippen molar-refractivity contribution >= 4 is 11.0 Å². The summed E-state index contributed by atoms with van der Waals surface area (Å²) in [7, 11) is 2.09. The molecule has 2 aromatic rings. The number of para-hydroxylation sites is 1. The summed E-state index contributed by atoms with van der Waals surface area (Å²) in [6.45, 7) is 5.90. The first-order valence-electron chi connectivity index (χ1n) is 6.59. The Morgan fingerprint density at radius 3 is 2.72 bits per heavy atom. The molecule has 1 heterocycles. The molecule has 0 aliphatic heterocycles. The van der Waals surface area contributed by atoms with E-state index >= 15 is 0 Å². The van der Waals surface area contributed by atoms with Crippen LogP contribution in [0.5, 0.6) is 0 Å². The minimum absolute atomic E-state index is 0.260. The van der Waals surface area contributed by atoms with Gasteiger partial charge in [-0.05, 0) is 26.5 Å². The van der Waals surface area contributed by atoms with Crippen molar-refractivity contribution in [2.45, 2.75) is 26.3 Å². The van der Waals surface area contributed by atoms with Gasteiger partial charge in [0.25, 0.3) is 0 Å². The lowest BCUT2D eigenvalue weighted by atomic mass is 10.0. The van der Waals surface area contributed by atoms with E-state index in [4.69, 9.17) is 10.2 Å². The van der Waals surface area contributed by atoms with Gasteiger partial charge in [-0.25, -0.2) is 0 Å². The van der Waals surface area contributed by atoms with Crippen molar-refractivity contribution in [1.29, 1.82) is 0 Å².